The molecule has 138 valence electrons. The Morgan fingerprint density at radius 2 is 2.00 bits per heavy atom. The minimum Gasteiger partial charge on any atom is -0.488 e. The van der Waals surface area contributed by atoms with Crippen molar-refractivity contribution < 1.29 is 9.53 Å². The Labute approximate surface area is 163 Å². The molecule has 1 amide bonds. The van der Waals surface area contributed by atoms with Crippen molar-refractivity contribution in [2.45, 2.75) is 25.9 Å². The summed E-state index contributed by atoms with van der Waals surface area (Å²) in [6, 6.07) is 10.1. The van der Waals surface area contributed by atoms with Crippen molar-refractivity contribution in [3.05, 3.63) is 40.8 Å². The van der Waals surface area contributed by atoms with Gasteiger partial charge < -0.3 is 15.0 Å². The number of nitrogens with one attached hydrogen (secondary N) is 1. The predicted molar refractivity (Wildman–Crippen MR) is 106 cm³/mol. The quantitative estimate of drug-likeness (QED) is 0.801. The minimum absolute atomic E-state index is 0. The summed E-state index contributed by atoms with van der Waals surface area (Å²) in [5, 5.41) is 3.49. The summed E-state index contributed by atoms with van der Waals surface area (Å²) in [7, 11) is 0. The van der Waals surface area contributed by atoms with Crippen LogP contribution < -0.4 is 10.1 Å². The number of thiophene rings is 1. The molecule has 2 fully saturated rings. The molecule has 1 spiro atoms. The van der Waals surface area contributed by atoms with E-state index in [0.29, 0.717) is 12.0 Å². The Kier molecular flexibility index (Phi) is 4.71. The molecule has 0 aliphatic carbocycles. The zero-order valence-electron chi connectivity index (χ0n) is 14.6. The molecule has 0 saturated carbocycles. The Bertz CT molecular complexity index is 819. The summed E-state index contributed by atoms with van der Waals surface area (Å²) in [4.78, 5) is 17.1. The normalized spacial score (nSPS) is 20.1. The van der Waals surface area contributed by atoms with E-state index in [1.165, 1.54) is 11.3 Å². The first-order valence-corrected chi connectivity index (χ1v) is 9.91. The molecule has 2 saturated heterocycles. The average Bonchev–Trinajstić information content (AvgIpc) is 3.29. The van der Waals surface area contributed by atoms with Gasteiger partial charge in [0, 0.05) is 35.6 Å². The second-order valence-electron chi connectivity index (χ2n) is 7.47. The van der Waals surface area contributed by atoms with E-state index in [2.05, 4.69) is 11.4 Å². The number of hydrogen-bond donors (Lipinski definition) is 1. The summed E-state index contributed by atoms with van der Waals surface area (Å²) in [6.45, 7) is 4.58. The van der Waals surface area contributed by atoms with Crippen molar-refractivity contribution in [2.24, 2.45) is 5.41 Å². The number of para-hydroxylation sites is 1. The number of carbonyl (C=O) groups is 1. The third kappa shape index (κ3) is 2.92. The fourth-order valence-electron chi connectivity index (χ4n) is 4.37. The fourth-order valence-corrected chi connectivity index (χ4v) is 5.53. The monoisotopic (exact) mass is 390 g/mol. The molecule has 4 heterocycles. The third-order valence-corrected chi connectivity index (χ3v) is 7.18. The zero-order chi connectivity index (χ0) is 16.9. The number of amides is 1. The summed E-state index contributed by atoms with van der Waals surface area (Å²) in [6.07, 6.45) is 3.52. The number of rotatable bonds is 1. The van der Waals surface area contributed by atoms with Crippen LogP contribution in [0.3, 0.4) is 0 Å². The van der Waals surface area contributed by atoms with Gasteiger partial charge in [0.25, 0.3) is 5.91 Å². The fraction of sp³-hybridized carbons (Fsp3) is 0.450. The van der Waals surface area contributed by atoms with Crippen LogP contribution >= 0.6 is 23.7 Å². The van der Waals surface area contributed by atoms with Crippen LogP contribution in [0.2, 0.25) is 0 Å². The van der Waals surface area contributed by atoms with Crippen molar-refractivity contribution in [1.29, 1.82) is 0 Å². The maximum absolute atomic E-state index is 13.0. The SMILES string of the molecule is Cl.O=C(c1cc2c(s1)-c1ccccc1OC2)N1CCC2(CCNC2)CC1. The Morgan fingerprint density at radius 1 is 1.19 bits per heavy atom. The van der Waals surface area contributed by atoms with Crippen LogP contribution in [0.25, 0.3) is 10.4 Å². The van der Waals surface area contributed by atoms with Crippen LogP contribution in [0.15, 0.2) is 30.3 Å². The lowest BCUT2D eigenvalue weighted by atomic mass is 9.78. The molecule has 0 atom stereocenters. The standard InChI is InChI=1S/C20H22N2O2S.ClH/c23-19(22-9-6-20(7-10-22)5-8-21-13-20)17-11-14-12-24-16-4-2-1-3-15(16)18(14)25-17;/h1-4,11,21H,5-10,12-13H2;1H. The number of fused-ring (bicyclic) bond motifs is 3. The van der Waals surface area contributed by atoms with Gasteiger partial charge in [-0.25, -0.2) is 0 Å². The zero-order valence-corrected chi connectivity index (χ0v) is 16.3. The van der Waals surface area contributed by atoms with Crippen LogP contribution in [0.4, 0.5) is 0 Å². The molecule has 0 unspecified atom stereocenters. The summed E-state index contributed by atoms with van der Waals surface area (Å²) < 4.78 is 5.83. The van der Waals surface area contributed by atoms with E-state index in [0.717, 1.165) is 60.8 Å². The van der Waals surface area contributed by atoms with Gasteiger partial charge in [0.15, 0.2) is 0 Å². The highest BCUT2D eigenvalue weighted by Crippen LogP contribution is 2.43. The number of hydrogen-bond acceptors (Lipinski definition) is 4. The lowest BCUT2D eigenvalue weighted by Crippen LogP contribution is -2.43. The summed E-state index contributed by atoms with van der Waals surface area (Å²) >= 11 is 1.62. The predicted octanol–water partition coefficient (Wildman–Crippen LogP) is 3.95. The number of likely N-dealkylation sites (tertiary alicyclic amines) is 1. The van der Waals surface area contributed by atoms with E-state index in [1.807, 2.05) is 29.2 Å². The molecule has 3 aliphatic heterocycles. The van der Waals surface area contributed by atoms with E-state index in [9.17, 15) is 4.79 Å². The molecule has 1 N–H and O–H groups in total. The van der Waals surface area contributed by atoms with E-state index >= 15 is 0 Å². The van der Waals surface area contributed by atoms with E-state index < -0.39 is 0 Å². The molecule has 0 bridgehead atoms. The van der Waals surface area contributed by atoms with E-state index in [-0.39, 0.29) is 18.3 Å². The smallest absolute Gasteiger partial charge is 0.263 e. The van der Waals surface area contributed by atoms with Crippen molar-refractivity contribution >= 4 is 29.7 Å². The minimum atomic E-state index is 0. The molecular weight excluding hydrogens is 368 g/mol. The highest BCUT2D eigenvalue weighted by Gasteiger charge is 2.38. The van der Waals surface area contributed by atoms with Gasteiger partial charge in [-0.05, 0) is 49.4 Å². The summed E-state index contributed by atoms with van der Waals surface area (Å²) in [5.74, 6) is 1.11. The van der Waals surface area contributed by atoms with Crippen LogP contribution in [-0.4, -0.2) is 37.0 Å². The molecule has 0 radical (unpaired) electrons. The Morgan fingerprint density at radius 3 is 2.77 bits per heavy atom. The molecule has 5 rings (SSSR count). The van der Waals surface area contributed by atoms with Crippen molar-refractivity contribution in [3.63, 3.8) is 0 Å². The average molecular weight is 391 g/mol. The highest BCUT2D eigenvalue weighted by molar-refractivity contribution is 7.17. The molecule has 2 aromatic rings. The van der Waals surface area contributed by atoms with Crippen LogP contribution in [0.5, 0.6) is 5.75 Å². The Balaban J connectivity index is 0.00000168. The van der Waals surface area contributed by atoms with Gasteiger partial charge in [-0.3, -0.25) is 4.79 Å². The molecule has 1 aromatic carbocycles. The van der Waals surface area contributed by atoms with Gasteiger partial charge in [0.1, 0.15) is 12.4 Å². The number of ether oxygens (including phenoxy) is 1. The van der Waals surface area contributed by atoms with Gasteiger partial charge in [-0.1, -0.05) is 12.1 Å². The van der Waals surface area contributed by atoms with Gasteiger partial charge >= 0.3 is 0 Å². The molecular formula is C20H23ClN2O2S. The second-order valence-corrected chi connectivity index (χ2v) is 8.52. The van der Waals surface area contributed by atoms with Crippen molar-refractivity contribution in [3.8, 4) is 16.2 Å². The summed E-state index contributed by atoms with van der Waals surface area (Å²) in [5.41, 5.74) is 2.70. The number of carbonyl (C=O) groups excluding carboxylic acids is 1. The van der Waals surface area contributed by atoms with Crippen LogP contribution in [0.1, 0.15) is 34.5 Å². The highest BCUT2D eigenvalue weighted by atomic mass is 35.5. The van der Waals surface area contributed by atoms with E-state index in [4.69, 9.17) is 4.74 Å². The van der Waals surface area contributed by atoms with Gasteiger partial charge in [-0.15, -0.1) is 23.7 Å². The van der Waals surface area contributed by atoms with Crippen molar-refractivity contribution in [1.82, 2.24) is 10.2 Å². The van der Waals surface area contributed by atoms with Crippen molar-refractivity contribution in [2.75, 3.05) is 26.2 Å². The van der Waals surface area contributed by atoms with Gasteiger partial charge in [0.2, 0.25) is 0 Å². The van der Waals surface area contributed by atoms with E-state index in [1.54, 1.807) is 11.3 Å². The first-order chi connectivity index (χ1) is 12.2. The molecule has 4 nitrogen and oxygen atoms in total. The molecule has 3 aliphatic rings. The molecule has 1 aromatic heterocycles. The van der Waals surface area contributed by atoms with Gasteiger partial charge in [0.05, 0.1) is 4.88 Å². The number of halogens is 1. The molecule has 26 heavy (non-hydrogen) atoms. The Hall–Kier alpha value is -1.56. The lowest BCUT2D eigenvalue weighted by molar-refractivity contribution is 0.0612. The van der Waals surface area contributed by atoms with Crippen LogP contribution in [0, 0.1) is 5.41 Å². The first-order valence-electron chi connectivity index (χ1n) is 9.09. The van der Waals surface area contributed by atoms with Gasteiger partial charge in [-0.2, -0.15) is 0 Å². The number of benzene rings is 1. The maximum atomic E-state index is 13.0. The first kappa shape index (κ1) is 17.8. The van der Waals surface area contributed by atoms with Crippen LogP contribution in [-0.2, 0) is 6.61 Å². The number of piperidine rings is 1. The topological polar surface area (TPSA) is 41.6 Å². The third-order valence-electron chi connectivity index (χ3n) is 5.98. The largest absolute Gasteiger partial charge is 0.488 e. The second kappa shape index (κ2) is 6.87. The number of nitrogens with zero attached hydrogens (tertiary/aromatic N) is 1. The molecule has 6 heteroatoms. The lowest BCUT2D eigenvalue weighted by Gasteiger charge is -2.38. The maximum Gasteiger partial charge on any atom is 0.263 e.